The largest absolute Gasteiger partial charge is 0.480 e. The van der Waals surface area contributed by atoms with Crippen molar-refractivity contribution < 1.29 is 28.9 Å². The number of carboxylic acids is 2. The van der Waals surface area contributed by atoms with Crippen molar-refractivity contribution in [2.45, 2.75) is 30.3 Å². The summed E-state index contributed by atoms with van der Waals surface area (Å²) in [7, 11) is 0. The SMILES string of the molecule is N#Cc1cccc(COC2CC3C([C@]2(N)C(=O)O)[C@@]3(F)C(=O)O)c1. The first-order valence-electron chi connectivity index (χ1n) is 7.31. The summed E-state index contributed by atoms with van der Waals surface area (Å²) in [5.74, 6) is -5.44. The maximum Gasteiger partial charge on any atom is 0.342 e. The number of aliphatic carboxylic acids is 2. The predicted octanol–water partition coefficient (Wildman–Crippen LogP) is 0.668. The minimum atomic E-state index is -2.60. The van der Waals surface area contributed by atoms with Crippen molar-refractivity contribution in [1.82, 2.24) is 0 Å². The number of hydrogen-bond acceptors (Lipinski definition) is 5. The summed E-state index contributed by atoms with van der Waals surface area (Å²) in [6.45, 7) is -0.00177. The van der Waals surface area contributed by atoms with Gasteiger partial charge in [-0.2, -0.15) is 5.26 Å². The van der Waals surface area contributed by atoms with Gasteiger partial charge in [0, 0.05) is 11.8 Å². The first-order valence-corrected chi connectivity index (χ1v) is 7.31. The molecule has 3 rings (SSSR count). The van der Waals surface area contributed by atoms with Gasteiger partial charge in [0.25, 0.3) is 0 Å². The molecule has 2 fully saturated rings. The highest BCUT2D eigenvalue weighted by molar-refractivity contribution is 5.90. The van der Waals surface area contributed by atoms with Gasteiger partial charge in [-0.1, -0.05) is 12.1 Å². The highest BCUT2D eigenvalue weighted by Crippen LogP contribution is 2.67. The lowest BCUT2D eigenvalue weighted by Crippen LogP contribution is -2.60. The predicted molar refractivity (Wildman–Crippen MR) is 77.4 cm³/mol. The highest BCUT2D eigenvalue weighted by Gasteiger charge is 2.85. The third kappa shape index (κ3) is 2.09. The summed E-state index contributed by atoms with van der Waals surface area (Å²) in [6.07, 6.45) is -1.08. The Morgan fingerprint density at radius 3 is 2.71 bits per heavy atom. The molecule has 8 heteroatoms. The standard InChI is InChI=1S/C16H15FN2O5/c17-15(13(20)21)10-5-11(16(19,12(10)15)14(22)23)24-7-9-3-1-2-8(4-9)6-18/h1-4,10-12H,5,7,19H2,(H,20,21)(H,22,23)/t10?,11?,12?,15-,16+/m1/s1. The summed E-state index contributed by atoms with van der Waals surface area (Å²) in [5, 5.41) is 27.3. The van der Waals surface area contributed by atoms with Crippen molar-refractivity contribution in [3.05, 3.63) is 35.4 Å². The Balaban J connectivity index is 1.77. The first-order chi connectivity index (χ1) is 11.3. The second-order valence-corrected chi connectivity index (χ2v) is 6.24. The Labute approximate surface area is 136 Å². The zero-order chi connectivity index (χ0) is 17.7. The molecule has 126 valence electrons. The summed E-state index contributed by atoms with van der Waals surface area (Å²) in [6, 6.07) is 8.54. The van der Waals surface area contributed by atoms with Gasteiger partial charge in [0.2, 0.25) is 5.67 Å². The lowest BCUT2D eigenvalue weighted by Gasteiger charge is -2.31. The number of ether oxygens (including phenoxy) is 1. The van der Waals surface area contributed by atoms with E-state index in [9.17, 15) is 19.1 Å². The molecule has 0 bridgehead atoms. The van der Waals surface area contributed by atoms with Crippen LogP contribution in [0.3, 0.4) is 0 Å². The highest BCUT2D eigenvalue weighted by atomic mass is 19.1. The van der Waals surface area contributed by atoms with E-state index in [2.05, 4.69) is 0 Å². The van der Waals surface area contributed by atoms with Crippen molar-refractivity contribution in [1.29, 1.82) is 5.26 Å². The zero-order valence-electron chi connectivity index (χ0n) is 12.5. The molecule has 1 aromatic rings. The van der Waals surface area contributed by atoms with Crippen LogP contribution < -0.4 is 5.73 Å². The van der Waals surface area contributed by atoms with E-state index in [1.807, 2.05) is 6.07 Å². The van der Waals surface area contributed by atoms with Gasteiger partial charge in [-0.3, -0.25) is 4.79 Å². The van der Waals surface area contributed by atoms with E-state index in [1.54, 1.807) is 24.3 Å². The number of carboxylic acid groups (broad SMARTS) is 2. The summed E-state index contributed by atoms with van der Waals surface area (Å²) < 4.78 is 20.0. The molecular formula is C16H15FN2O5. The van der Waals surface area contributed by atoms with Crippen molar-refractivity contribution >= 4 is 11.9 Å². The first kappa shape index (κ1) is 16.4. The van der Waals surface area contributed by atoms with E-state index in [4.69, 9.17) is 20.8 Å². The molecular weight excluding hydrogens is 319 g/mol. The third-order valence-corrected chi connectivity index (χ3v) is 5.01. The number of nitriles is 1. The Morgan fingerprint density at radius 2 is 2.12 bits per heavy atom. The van der Waals surface area contributed by atoms with Crippen molar-refractivity contribution in [2.75, 3.05) is 0 Å². The monoisotopic (exact) mass is 334 g/mol. The molecule has 0 aromatic heterocycles. The molecule has 0 amide bonds. The molecule has 2 aliphatic carbocycles. The Bertz CT molecular complexity index is 763. The minimum Gasteiger partial charge on any atom is -0.480 e. The van der Waals surface area contributed by atoms with Crippen LogP contribution in [-0.2, 0) is 20.9 Å². The maximum atomic E-state index is 14.4. The van der Waals surface area contributed by atoms with Crippen LogP contribution in [0.4, 0.5) is 4.39 Å². The summed E-state index contributed by atoms with van der Waals surface area (Å²) >= 11 is 0. The van der Waals surface area contributed by atoms with Crippen LogP contribution in [0.15, 0.2) is 24.3 Å². The molecule has 1 aromatic carbocycles. The quantitative estimate of drug-likeness (QED) is 0.720. The second-order valence-electron chi connectivity index (χ2n) is 6.24. The van der Waals surface area contributed by atoms with Gasteiger partial charge in [-0.05, 0) is 24.1 Å². The van der Waals surface area contributed by atoms with E-state index in [0.29, 0.717) is 11.1 Å². The van der Waals surface area contributed by atoms with Crippen LogP contribution in [-0.4, -0.2) is 39.5 Å². The molecule has 5 atom stereocenters. The minimum absolute atomic E-state index is 0.00177. The van der Waals surface area contributed by atoms with Crippen LogP contribution in [0, 0.1) is 23.2 Å². The number of fused-ring (bicyclic) bond motifs is 1. The van der Waals surface area contributed by atoms with Crippen LogP contribution in [0.25, 0.3) is 0 Å². The molecule has 0 aliphatic heterocycles. The lowest BCUT2D eigenvalue weighted by atomic mass is 9.88. The van der Waals surface area contributed by atoms with Crippen molar-refractivity contribution in [3.63, 3.8) is 0 Å². The number of rotatable bonds is 5. The van der Waals surface area contributed by atoms with Gasteiger partial charge < -0.3 is 20.7 Å². The molecule has 2 aliphatic rings. The van der Waals surface area contributed by atoms with Crippen LogP contribution in [0.2, 0.25) is 0 Å². The van der Waals surface area contributed by atoms with Gasteiger partial charge in [-0.25, -0.2) is 9.18 Å². The molecule has 0 spiro atoms. The Hall–Kier alpha value is -2.50. The number of alkyl halides is 1. The van der Waals surface area contributed by atoms with Gasteiger partial charge >= 0.3 is 11.9 Å². The fourth-order valence-electron chi connectivity index (χ4n) is 3.73. The van der Waals surface area contributed by atoms with Gasteiger partial charge in [-0.15, -0.1) is 0 Å². The molecule has 3 unspecified atom stereocenters. The van der Waals surface area contributed by atoms with Crippen LogP contribution in [0.5, 0.6) is 0 Å². The third-order valence-electron chi connectivity index (χ3n) is 5.01. The number of benzene rings is 1. The molecule has 0 radical (unpaired) electrons. The molecule has 0 saturated heterocycles. The van der Waals surface area contributed by atoms with Crippen molar-refractivity contribution in [3.8, 4) is 6.07 Å². The Kier molecular flexibility index (Phi) is 3.59. The van der Waals surface area contributed by atoms with E-state index in [-0.39, 0.29) is 13.0 Å². The zero-order valence-corrected chi connectivity index (χ0v) is 12.5. The molecule has 0 heterocycles. The Morgan fingerprint density at radius 1 is 1.42 bits per heavy atom. The van der Waals surface area contributed by atoms with E-state index < -0.39 is 41.1 Å². The summed E-state index contributed by atoms with van der Waals surface area (Å²) in [5.41, 5.74) is 2.26. The van der Waals surface area contributed by atoms with Gasteiger partial charge in [0.15, 0.2) is 0 Å². The molecule has 4 N–H and O–H groups in total. The topological polar surface area (TPSA) is 134 Å². The maximum absolute atomic E-state index is 14.4. The number of nitrogens with two attached hydrogens (primary N) is 1. The molecule has 24 heavy (non-hydrogen) atoms. The summed E-state index contributed by atoms with van der Waals surface area (Å²) in [4.78, 5) is 22.7. The lowest BCUT2D eigenvalue weighted by molar-refractivity contribution is -0.156. The number of halogens is 1. The van der Waals surface area contributed by atoms with Crippen LogP contribution >= 0.6 is 0 Å². The smallest absolute Gasteiger partial charge is 0.342 e. The van der Waals surface area contributed by atoms with E-state index in [0.717, 1.165) is 0 Å². The average Bonchev–Trinajstić information content (AvgIpc) is 3.02. The second kappa shape index (κ2) is 5.26. The normalized spacial score (nSPS) is 36.6. The number of carbonyl (C=O) groups is 2. The number of hydrogen-bond donors (Lipinski definition) is 3. The molecule has 2 saturated carbocycles. The number of nitrogens with zero attached hydrogens (tertiary/aromatic N) is 1. The van der Waals surface area contributed by atoms with Gasteiger partial charge in [0.1, 0.15) is 5.54 Å². The fraction of sp³-hybridized carbons (Fsp3) is 0.438. The fourth-order valence-corrected chi connectivity index (χ4v) is 3.73. The molecule has 7 nitrogen and oxygen atoms in total. The van der Waals surface area contributed by atoms with Crippen LogP contribution in [0.1, 0.15) is 17.5 Å². The van der Waals surface area contributed by atoms with E-state index >= 15 is 0 Å². The average molecular weight is 334 g/mol. The van der Waals surface area contributed by atoms with Gasteiger partial charge in [0.05, 0.1) is 24.3 Å². The van der Waals surface area contributed by atoms with E-state index in [1.165, 1.54) is 0 Å². The van der Waals surface area contributed by atoms with Crippen molar-refractivity contribution in [2.24, 2.45) is 17.6 Å².